The van der Waals surface area contributed by atoms with Gasteiger partial charge in [-0.2, -0.15) is 0 Å². The maximum atomic E-state index is 6.27. The minimum absolute atomic E-state index is 0.301. The van der Waals surface area contributed by atoms with Gasteiger partial charge in [0.25, 0.3) is 0 Å². The lowest BCUT2D eigenvalue weighted by Crippen LogP contribution is -2.34. The van der Waals surface area contributed by atoms with Crippen LogP contribution in [0.3, 0.4) is 0 Å². The first kappa shape index (κ1) is 15.5. The van der Waals surface area contributed by atoms with Crippen molar-refractivity contribution in [2.75, 3.05) is 13.1 Å². The number of benzene rings is 1. The van der Waals surface area contributed by atoms with Crippen LogP contribution in [0.25, 0.3) is 0 Å². The molecule has 0 heterocycles. The summed E-state index contributed by atoms with van der Waals surface area (Å²) in [5.74, 6) is 0. The van der Waals surface area contributed by atoms with Crippen molar-refractivity contribution in [2.45, 2.75) is 46.5 Å². The first-order valence-electron chi connectivity index (χ1n) is 7.05. The highest BCUT2D eigenvalue weighted by molar-refractivity contribution is 6.31. The Hall–Kier alpha value is -0.530. The summed E-state index contributed by atoms with van der Waals surface area (Å²) in [5, 5.41) is 4.46. The summed E-state index contributed by atoms with van der Waals surface area (Å²) in [6.45, 7) is 8.99. The van der Waals surface area contributed by atoms with E-state index in [2.05, 4.69) is 38.2 Å². The number of hydrogen-bond donors (Lipinski definition) is 1. The molecule has 0 radical (unpaired) electrons. The van der Waals surface area contributed by atoms with Crippen LogP contribution >= 0.6 is 11.6 Å². The number of nitrogens with one attached hydrogen (secondary N) is 1. The van der Waals surface area contributed by atoms with Crippen molar-refractivity contribution in [3.63, 3.8) is 0 Å². The Labute approximate surface area is 117 Å². The van der Waals surface area contributed by atoms with Gasteiger partial charge < -0.3 is 5.32 Å². The van der Waals surface area contributed by atoms with Gasteiger partial charge in [0.2, 0.25) is 0 Å². The lowest BCUT2D eigenvalue weighted by Gasteiger charge is -2.30. The predicted molar refractivity (Wildman–Crippen MR) is 81.3 cm³/mol. The molecular weight excluding hydrogens is 242 g/mol. The molecule has 0 aliphatic carbocycles. The van der Waals surface area contributed by atoms with E-state index in [9.17, 15) is 0 Å². The van der Waals surface area contributed by atoms with Crippen LogP contribution in [-0.4, -0.2) is 13.1 Å². The van der Waals surface area contributed by atoms with Gasteiger partial charge in [-0.3, -0.25) is 0 Å². The Kier molecular flexibility index (Phi) is 6.73. The van der Waals surface area contributed by atoms with Crippen LogP contribution < -0.4 is 5.32 Å². The first-order valence-corrected chi connectivity index (χ1v) is 7.43. The standard InChI is InChI=1S/C16H26ClN/c1-4-10-16(3,13-18-11-5-2)12-14-8-6-7-9-15(14)17/h6-9,18H,4-5,10-13H2,1-3H3. The summed E-state index contributed by atoms with van der Waals surface area (Å²) in [4.78, 5) is 0. The molecule has 0 saturated carbocycles. The maximum absolute atomic E-state index is 6.27. The van der Waals surface area contributed by atoms with Crippen molar-refractivity contribution in [3.8, 4) is 0 Å². The van der Waals surface area contributed by atoms with Gasteiger partial charge in [0.1, 0.15) is 0 Å². The molecule has 0 spiro atoms. The highest BCUT2D eigenvalue weighted by atomic mass is 35.5. The summed E-state index contributed by atoms with van der Waals surface area (Å²) in [7, 11) is 0. The first-order chi connectivity index (χ1) is 8.61. The van der Waals surface area contributed by atoms with Crippen LogP contribution in [0.2, 0.25) is 5.02 Å². The number of hydrogen-bond acceptors (Lipinski definition) is 1. The minimum Gasteiger partial charge on any atom is -0.316 e. The molecule has 102 valence electrons. The van der Waals surface area contributed by atoms with Crippen LogP contribution in [-0.2, 0) is 6.42 Å². The summed E-state index contributed by atoms with van der Waals surface area (Å²) in [6, 6.07) is 8.21. The lowest BCUT2D eigenvalue weighted by molar-refractivity contribution is 0.275. The van der Waals surface area contributed by atoms with Crippen molar-refractivity contribution in [1.82, 2.24) is 5.32 Å². The molecule has 1 unspecified atom stereocenters. The van der Waals surface area contributed by atoms with Gasteiger partial charge in [0.15, 0.2) is 0 Å². The molecule has 1 N–H and O–H groups in total. The highest BCUT2D eigenvalue weighted by Crippen LogP contribution is 2.30. The topological polar surface area (TPSA) is 12.0 Å². The highest BCUT2D eigenvalue weighted by Gasteiger charge is 2.24. The van der Waals surface area contributed by atoms with Crippen LogP contribution in [0.5, 0.6) is 0 Å². The van der Waals surface area contributed by atoms with Crippen molar-refractivity contribution in [3.05, 3.63) is 34.9 Å². The molecule has 1 aromatic rings. The van der Waals surface area contributed by atoms with Gasteiger partial charge in [-0.05, 0) is 42.9 Å². The molecule has 2 heteroatoms. The maximum Gasteiger partial charge on any atom is 0.0438 e. The largest absolute Gasteiger partial charge is 0.316 e. The SMILES string of the molecule is CCCNCC(C)(CCC)Cc1ccccc1Cl. The molecular formula is C16H26ClN. The predicted octanol–water partition coefficient (Wildman–Crippen LogP) is 4.69. The second kappa shape index (κ2) is 7.81. The van der Waals surface area contributed by atoms with Crippen LogP contribution in [0.15, 0.2) is 24.3 Å². The van der Waals surface area contributed by atoms with Gasteiger partial charge in [-0.1, -0.05) is 57.0 Å². The van der Waals surface area contributed by atoms with Gasteiger partial charge in [-0.25, -0.2) is 0 Å². The van der Waals surface area contributed by atoms with Crippen molar-refractivity contribution >= 4 is 11.6 Å². The van der Waals surface area contributed by atoms with Crippen LogP contribution in [0, 0.1) is 5.41 Å². The molecule has 0 saturated heterocycles. The van der Waals surface area contributed by atoms with Crippen molar-refractivity contribution in [2.24, 2.45) is 5.41 Å². The Morgan fingerprint density at radius 2 is 1.89 bits per heavy atom. The van der Waals surface area contributed by atoms with E-state index < -0.39 is 0 Å². The average Bonchev–Trinajstić information content (AvgIpc) is 2.33. The molecule has 18 heavy (non-hydrogen) atoms. The van der Waals surface area contributed by atoms with E-state index in [0.717, 1.165) is 24.5 Å². The quantitative estimate of drug-likeness (QED) is 0.674. The molecule has 0 amide bonds. The molecule has 0 aliphatic heterocycles. The molecule has 0 aromatic heterocycles. The Bertz CT molecular complexity index is 351. The van der Waals surface area contributed by atoms with E-state index in [1.54, 1.807) is 0 Å². The van der Waals surface area contributed by atoms with Gasteiger partial charge >= 0.3 is 0 Å². The van der Waals surface area contributed by atoms with Gasteiger partial charge in [0.05, 0.1) is 0 Å². The van der Waals surface area contributed by atoms with Crippen LogP contribution in [0.1, 0.15) is 45.6 Å². The lowest BCUT2D eigenvalue weighted by atomic mass is 9.79. The van der Waals surface area contributed by atoms with E-state index >= 15 is 0 Å². The summed E-state index contributed by atoms with van der Waals surface area (Å²) in [6.07, 6.45) is 4.69. The summed E-state index contributed by atoms with van der Waals surface area (Å²) >= 11 is 6.27. The molecule has 0 bridgehead atoms. The normalized spacial score (nSPS) is 14.4. The molecule has 0 fully saturated rings. The van der Waals surface area contributed by atoms with Crippen LogP contribution in [0.4, 0.5) is 0 Å². The molecule has 0 aliphatic rings. The Balaban J connectivity index is 2.69. The zero-order valence-electron chi connectivity index (χ0n) is 11.9. The fourth-order valence-electron chi connectivity index (χ4n) is 2.51. The minimum atomic E-state index is 0.301. The second-order valence-corrected chi connectivity index (χ2v) is 5.91. The number of halogens is 1. The molecule has 1 atom stereocenters. The van der Waals surface area contributed by atoms with E-state index in [1.165, 1.54) is 24.8 Å². The van der Waals surface area contributed by atoms with E-state index in [1.807, 2.05) is 12.1 Å². The molecule has 1 rings (SSSR count). The zero-order valence-corrected chi connectivity index (χ0v) is 12.7. The molecule has 1 aromatic carbocycles. The van der Waals surface area contributed by atoms with E-state index in [4.69, 9.17) is 11.6 Å². The van der Waals surface area contributed by atoms with Crippen molar-refractivity contribution in [1.29, 1.82) is 0 Å². The Morgan fingerprint density at radius 1 is 1.17 bits per heavy atom. The zero-order chi connectivity index (χ0) is 13.4. The van der Waals surface area contributed by atoms with Gasteiger partial charge in [-0.15, -0.1) is 0 Å². The monoisotopic (exact) mass is 267 g/mol. The fraction of sp³-hybridized carbons (Fsp3) is 0.625. The third-order valence-corrected chi connectivity index (χ3v) is 3.78. The second-order valence-electron chi connectivity index (χ2n) is 5.51. The van der Waals surface area contributed by atoms with E-state index in [0.29, 0.717) is 5.41 Å². The summed E-state index contributed by atoms with van der Waals surface area (Å²) in [5.41, 5.74) is 1.57. The average molecular weight is 268 g/mol. The summed E-state index contributed by atoms with van der Waals surface area (Å²) < 4.78 is 0. The van der Waals surface area contributed by atoms with E-state index in [-0.39, 0.29) is 0 Å². The van der Waals surface area contributed by atoms with Gasteiger partial charge in [0, 0.05) is 11.6 Å². The smallest absolute Gasteiger partial charge is 0.0438 e. The fourth-order valence-corrected chi connectivity index (χ4v) is 2.71. The molecule has 1 nitrogen and oxygen atoms in total. The van der Waals surface area contributed by atoms with Crippen molar-refractivity contribution < 1.29 is 0 Å². The third kappa shape index (κ3) is 4.99. The Morgan fingerprint density at radius 3 is 2.50 bits per heavy atom. The number of rotatable bonds is 8. The third-order valence-electron chi connectivity index (χ3n) is 3.41.